The summed E-state index contributed by atoms with van der Waals surface area (Å²) < 4.78 is 7.40. The van der Waals surface area contributed by atoms with Gasteiger partial charge < -0.3 is 15.4 Å². The van der Waals surface area contributed by atoms with Crippen LogP contribution in [0.15, 0.2) is 36.7 Å². The standard InChI is InChI=1S/C18H26N4O2.ClH/c1-13(2)12-24-16-7-5-6-14(8-16)9-20-18(23)17(19-3)15-10-21-22(4)11-15;/h5-8,10-11,13,17,19H,9,12H2,1-4H3,(H,20,23);1H. The summed E-state index contributed by atoms with van der Waals surface area (Å²) in [5.41, 5.74) is 1.84. The number of likely N-dealkylation sites (N-methyl/N-ethyl adjacent to an activating group) is 1. The van der Waals surface area contributed by atoms with Gasteiger partial charge in [0.1, 0.15) is 11.8 Å². The van der Waals surface area contributed by atoms with Crippen molar-refractivity contribution in [2.75, 3.05) is 13.7 Å². The maximum absolute atomic E-state index is 12.4. The minimum Gasteiger partial charge on any atom is -0.493 e. The van der Waals surface area contributed by atoms with Crippen LogP contribution < -0.4 is 15.4 Å². The average molecular weight is 367 g/mol. The number of hydrogen-bond acceptors (Lipinski definition) is 4. The van der Waals surface area contributed by atoms with Gasteiger partial charge in [-0.1, -0.05) is 26.0 Å². The first kappa shape index (κ1) is 21.0. The molecule has 1 aromatic carbocycles. The Balaban J connectivity index is 0.00000312. The van der Waals surface area contributed by atoms with E-state index in [1.807, 2.05) is 37.5 Å². The second-order valence-electron chi connectivity index (χ2n) is 6.24. The van der Waals surface area contributed by atoms with Crippen molar-refractivity contribution in [1.82, 2.24) is 20.4 Å². The molecule has 0 saturated heterocycles. The molecule has 138 valence electrons. The van der Waals surface area contributed by atoms with E-state index in [0.717, 1.165) is 16.9 Å². The molecule has 1 atom stereocenters. The number of ether oxygens (including phenoxy) is 1. The highest BCUT2D eigenvalue weighted by molar-refractivity contribution is 5.85. The molecule has 2 rings (SSSR count). The summed E-state index contributed by atoms with van der Waals surface area (Å²) >= 11 is 0. The predicted octanol–water partition coefficient (Wildman–Crippen LogP) is 2.45. The van der Waals surface area contributed by atoms with Gasteiger partial charge in [-0.25, -0.2) is 0 Å². The van der Waals surface area contributed by atoms with Crippen molar-refractivity contribution in [2.24, 2.45) is 13.0 Å². The molecule has 1 heterocycles. The Morgan fingerprint density at radius 2 is 2.12 bits per heavy atom. The second kappa shape index (κ2) is 10.1. The van der Waals surface area contributed by atoms with Gasteiger partial charge in [0.05, 0.1) is 12.8 Å². The van der Waals surface area contributed by atoms with Crippen LogP contribution in [0, 0.1) is 5.92 Å². The van der Waals surface area contributed by atoms with E-state index >= 15 is 0 Å². The highest BCUT2D eigenvalue weighted by Gasteiger charge is 2.19. The summed E-state index contributed by atoms with van der Waals surface area (Å²) in [5, 5.41) is 10.1. The highest BCUT2D eigenvalue weighted by atomic mass is 35.5. The lowest BCUT2D eigenvalue weighted by Crippen LogP contribution is -2.35. The van der Waals surface area contributed by atoms with E-state index in [-0.39, 0.29) is 18.3 Å². The molecule has 0 saturated carbocycles. The van der Waals surface area contributed by atoms with Gasteiger partial charge in [0.2, 0.25) is 5.91 Å². The number of amides is 1. The third kappa shape index (κ3) is 6.40. The van der Waals surface area contributed by atoms with E-state index in [1.54, 1.807) is 17.9 Å². The Morgan fingerprint density at radius 1 is 1.36 bits per heavy atom. The van der Waals surface area contributed by atoms with Gasteiger partial charge in [0.25, 0.3) is 0 Å². The van der Waals surface area contributed by atoms with Crippen LogP contribution in [0.4, 0.5) is 0 Å². The Labute approximate surface area is 155 Å². The van der Waals surface area contributed by atoms with Gasteiger partial charge in [-0.2, -0.15) is 5.10 Å². The normalized spacial score (nSPS) is 11.7. The SMILES string of the molecule is CNC(C(=O)NCc1cccc(OCC(C)C)c1)c1cnn(C)c1.Cl. The lowest BCUT2D eigenvalue weighted by molar-refractivity contribution is -0.123. The van der Waals surface area contributed by atoms with Gasteiger partial charge in [-0.15, -0.1) is 12.4 Å². The zero-order valence-electron chi connectivity index (χ0n) is 15.2. The van der Waals surface area contributed by atoms with Crippen LogP contribution in [0.25, 0.3) is 0 Å². The molecule has 0 bridgehead atoms. The number of hydrogen-bond donors (Lipinski definition) is 2. The monoisotopic (exact) mass is 366 g/mol. The van der Waals surface area contributed by atoms with Crippen LogP contribution in [0.3, 0.4) is 0 Å². The van der Waals surface area contributed by atoms with Gasteiger partial charge in [0, 0.05) is 25.4 Å². The van der Waals surface area contributed by atoms with Crippen molar-refractivity contribution >= 4 is 18.3 Å². The summed E-state index contributed by atoms with van der Waals surface area (Å²) in [6, 6.07) is 7.38. The van der Waals surface area contributed by atoms with Gasteiger partial charge in [-0.05, 0) is 30.7 Å². The summed E-state index contributed by atoms with van der Waals surface area (Å²) in [6.07, 6.45) is 3.53. The number of nitrogens with zero attached hydrogens (tertiary/aromatic N) is 2. The first-order chi connectivity index (χ1) is 11.5. The van der Waals surface area contributed by atoms with Crippen molar-refractivity contribution in [3.63, 3.8) is 0 Å². The summed E-state index contributed by atoms with van der Waals surface area (Å²) in [7, 11) is 3.59. The molecule has 1 aromatic heterocycles. The van der Waals surface area contributed by atoms with E-state index in [4.69, 9.17) is 4.74 Å². The fourth-order valence-corrected chi connectivity index (χ4v) is 2.34. The number of halogens is 1. The molecule has 0 aliphatic carbocycles. The molecule has 2 aromatic rings. The Bertz CT molecular complexity index is 673. The topological polar surface area (TPSA) is 68.2 Å². The summed E-state index contributed by atoms with van der Waals surface area (Å²) in [4.78, 5) is 12.4. The number of aryl methyl sites for hydroxylation is 1. The molecule has 2 N–H and O–H groups in total. The highest BCUT2D eigenvalue weighted by Crippen LogP contribution is 2.15. The van der Waals surface area contributed by atoms with Crippen LogP contribution in [0.5, 0.6) is 5.75 Å². The lowest BCUT2D eigenvalue weighted by Gasteiger charge is -2.15. The van der Waals surface area contributed by atoms with E-state index in [9.17, 15) is 4.79 Å². The molecular weight excluding hydrogens is 340 g/mol. The number of carbonyl (C=O) groups is 1. The van der Waals surface area contributed by atoms with Gasteiger partial charge >= 0.3 is 0 Å². The first-order valence-electron chi connectivity index (χ1n) is 8.15. The van der Waals surface area contributed by atoms with E-state index in [2.05, 4.69) is 29.6 Å². The number of benzene rings is 1. The molecule has 0 aliphatic rings. The summed E-state index contributed by atoms with van der Waals surface area (Å²) in [5.74, 6) is 1.22. The fourth-order valence-electron chi connectivity index (χ4n) is 2.34. The molecule has 1 unspecified atom stereocenters. The molecule has 6 nitrogen and oxygen atoms in total. The zero-order chi connectivity index (χ0) is 17.5. The smallest absolute Gasteiger partial charge is 0.242 e. The minimum absolute atomic E-state index is 0. The Morgan fingerprint density at radius 3 is 2.72 bits per heavy atom. The van der Waals surface area contributed by atoms with Crippen LogP contribution in [0.1, 0.15) is 31.0 Å². The van der Waals surface area contributed by atoms with Gasteiger partial charge in [0.15, 0.2) is 0 Å². The second-order valence-corrected chi connectivity index (χ2v) is 6.24. The maximum Gasteiger partial charge on any atom is 0.242 e. The molecule has 25 heavy (non-hydrogen) atoms. The first-order valence-corrected chi connectivity index (χ1v) is 8.15. The number of nitrogens with one attached hydrogen (secondary N) is 2. The van der Waals surface area contributed by atoms with Crippen molar-refractivity contribution in [3.05, 3.63) is 47.8 Å². The molecular formula is C18H27ClN4O2. The molecule has 0 radical (unpaired) electrons. The maximum atomic E-state index is 12.4. The van der Waals surface area contributed by atoms with Crippen molar-refractivity contribution in [1.29, 1.82) is 0 Å². The Hall–Kier alpha value is -2.05. The third-order valence-corrected chi connectivity index (χ3v) is 3.56. The fraction of sp³-hybridized carbons (Fsp3) is 0.444. The average Bonchev–Trinajstić information content (AvgIpc) is 2.98. The van der Waals surface area contributed by atoms with Crippen LogP contribution >= 0.6 is 12.4 Å². The number of carbonyl (C=O) groups excluding carboxylic acids is 1. The third-order valence-electron chi connectivity index (χ3n) is 3.56. The van der Waals surface area contributed by atoms with Crippen LogP contribution in [-0.4, -0.2) is 29.3 Å². The predicted molar refractivity (Wildman–Crippen MR) is 101 cm³/mol. The Kier molecular flexibility index (Phi) is 8.45. The van der Waals surface area contributed by atoms with E-state index in [1.165, 1.54) is 0 Å². The molecule has 0 spiro atoms. The van der Waals surface area contributed by atoms with Crippen molar-refractivity contribution < 1.29 is 9.53 Å². The quantitative estimate of drug-likeness (QED) is 0.753. The zero-order valence-corrected chi connectivity index (χ0v) is 16.0. The lowest BCUT2D eigenvalue weighted by atomic mass is 10.1. The molecule has 1 amide bonds. The number of aromatic nitrogens is 2. The van der Waals surface area contributed by atoms with Crippen LogP contribution in [0.2, 0.25) is 0 Å². The minimum atomic E-state index is -0.418. The molecule has 0 aliphatic heterocycles. The van der Waals surface area contributed by atoms with Crippen LogP contribution in [-0.2, 0) is 18.4 Å². The largest absolute Gasteiger partial charge is 0.493 e. The molecule has 7 heteroatoms. The number of rotatable bonds is 8. The summed E-state index contributed by atoms with van der Waals surface area (Å²) in [6.45, 7) is 5.36. The van der Waals surface area contributed by atoms with Crippen molar-refractivity contribution in [3.8, 4) is 5.75 Å². The van der Waals surface area contributed by atoms with Crippen molar-refractivity contribution in [2.45, 2.75) is 26.4 Å². The van der Waals surface area contributed by atoms with E-state index in [0.29, 0.717) is 19.1 Å². The molecule has 0 fully saturated rings. The van der Waals surface area contributed by atoms with E-state index < -0.39 is 6.04 Å². The van der Waals surface area contributed by atoms with Gasteiger partial charge in [-0.3, -0.25) is 9.48 Å².